The van der Waals surface area contributed by atoms with E-state index in [1.54, 1.807) is 0 Å². The summed E-state index contributed by atoms with van der Waals surface area (Å²) in [5.74, 6) is 1.74. The lowest BCUT2D eigenvalue weighted by Crippen LogP contribution is -2.14. The number of ether oxygens (including phenoxy) is 1. The molecule has 0 aliphatic rings. The SMILES string of the molecule is CCC(C)(C)c1ccc(Oc2cc(CN)ccc2C)cc1. The maximum Gasteiger partial charge on any atom is 0.130 e. The van der Waals surface area contributed by atoms with Crippen molar-refractivity contribution in [3.8, 4) is 11.5 Å². The van der Waals surface area contributed by atoms with Crippen LogP contribution in [0.4, 0.5) is 0 Å². The van der Waals surface area contributed by atoms with E-state index in [0.717, 1.165) is 29.0 Å². The number of benzene rings is 2. The topological polar surface area (TPSA) is 35.2 Å². The lowest BCUT2D eigenvalue weighted by atomic mass is 9.82. The summed E-state index contributed by atoms with van der Waals surface area (Å²) in [6.45, 7) is 9.31. The molecule has 2 nitrogen and oxygen atoms in total. The molecule has 0 aromatic heterocycles. The van der Waals surface area contributed by atoms with Gasteiger partial charge in [0.2, 0.25) is 0 Å². The van der Waals surface area contributed by atoms with Gasteiger partial charge in [0.1, 0.15) is 11.5 Å². The first-order chi connectivity index (χ1) is 9.96. The van der Waals surface area contributed by atoms with Gasteiger partial charge < -0.3 is 10.5 Å². The van der Waals surface area contributed by atoms with Gasteiger partial charge in [0, 0.05) is 6.54 Å². The molecular weight excluding hydrogens is 258 g/mol. The molecule has 2 heteroatoms. The van der Waals surface area contributed by atoms with E-state index in [9.17, 15) is 0 Å². The van der Waals surface area contributed by atoms with Crippen LogP contribution in [0.5, 0.6) is 11.5 Å². The third-order valence-corrected chi connectivity index (χ3v) is 4.24. The van der Waals surface area contributed by atoms with Crippen molar-refractivity contribution in [3.05, 3.63) is 59.2 Å². The molecule has 112 valence electrons. The van der Waals surface area contributed by atoms with E-state index in [-0.39, 0.29) is 5.41 Å². The number of aryl methyl sites for hydroxylation is 1. The van der Waals surface area contributed by atoms with E-state index in [0.29, 0.717) is 6.54 Å². The first kappa shape index (κ1) is 15.6. The third kappa shape index (κ3) is 3.64. The number of hydrogen-bond acceptors (Lipinski definition) is 2. The minimum absolute atomic E-state index is 0.202. The van der Waals surface area contributed by atoms with Gasteiger partial charge in [0.05, 0.1) is 0 Å². The largest absolute Gasteiger partial charge is 0.457 e. The minimum atomic E-state index is 0.202. The molecule has 21 heavy (non-hydrogen) atoms. The molecule has 0 amide bonds. The molecule has 2 N–H and O–H groups in total. The molecule has 0 saturated heterocycles. The molecule has 2 aromatic carbocycles. The quantitative estimate of drug-likeness (QED) is 0.844. The predicted molar refractivity (Wildman–Crippen MR) is 88.9 cm³/mol. The lowest BCUT2D eigenvalue weighted by Gasteiger charge is -2.23. The first-order valence-electron chi connectivity index (χ1n) is 7.54. The molecule has 0 aliphatic carbocycles. The van der Waals surface area contributed by atoms with Gasteiger partial charge in [-0.05, 0) is 53.6 Å². The van der Waals surface area contributed by atoms with E-state index >= 15 is 0 Å². The lowest BCUT2D eigenvalue weighted by molar-refractivity contribution is 0.474. The van der Waals surface area contributed by atoms with Crippen molar-refractivity contribution in [1.82, 2.24) is 0 Å². The first-order valence-corrected chi connectivity index (χ1v) is 7.54. The third-order valence-electron chi connectivity index (χ3n) is 4.24. The highest BCUT2D eigenvalue weighted by Crippen LogP contribution is 2.30. The van der Waals surface area contributed by atoms with Crippen molar-refractivity contribution < 1.29 is 4.74 Å². The van der Waals surface area contributed by atoms with Crippen LogP contribution in [0.2, 0.25) is 0 Å². The zero-order valence-corrected chi connectivity index (χ0v) is 13.4. The van der Waals surface area contributed by atoms with Crippen LogP contribution in [0.3, 0.4) is 0 Å². The van der Waals surface area contributed by atoms with Gasteiger partial charge in [-0.3, -0.25) is 0 Å². The van der Waals surface area contributed by atoms with Crippen molar-refractivity contribution in [3.63, 3.8) is 0 Å². The highest BCUT2D eigenvalue weighted by molar-refractivity contribution is 5.41. The minimum Gasteiger partial charge on any atom is -0.457 e. The average molecular weight is 283 g/mol. The second kappa shape index (κ2) is 6.31. The maximum atomic E-state index is 6.00. The summed E-state index contributed by atoms with van der Waals surface area (Å²) < 4.78 is 6.00. The van der Waals surface area contributed by atoms with Crippen molar-refractivity contribution in [2.24, 2.45) is 5.73 Å². The molecule has 0 fully saturated rings. The molecule has 0 unspecified atom stereocenters. The summed E-state index contributed by atoms with van der Waals surface area (Å²) >= 11 is 0. The fraction of sp³-hybridized carbons (Fsp3) is 0.368. The number of rotatable bonds is 5. The van der Waals surface area contributed by atoms with Crippen LogP contribution in [0.15, 0.2) is 42.5 Å². The standard InChI is InChI=1S/C19H25NO/c1-5-19(3,4)16-8-10-17(11-9-16)21-18-12-15(13-20)7-6-14(18)2/h6-12H,5,13,20H2,1-4H3. The van der Waals surface area contributed by atoms with Crippen LogP contribution in [0.1, 0.15) is 43.9 Å². The van der Waals surface area contributed by atoms with Crippen molar-refractivity contribution in [2.45, 2.75) is 46.1 Å². The van der Waals surface area contributed by atoms with Gasteiger partial charge in [-0.25, -0.2) is 0 Å². The van der Waals surface area contributed by atoms with Crippen molar-refractivity contribution in [1.29, 1.82) is 0 Å². The normalized spacial score (nSPS) is 11.5. The number of hydrogen-bond donors (Lipinski definition) is 1. The Labute approximate surface area is 127 Å². The van der Waals surface area contributed by atoms with E-state index in [1.807, 2.05) is 37.3 Å². The van der Waals surface area contributed by atoms with Crippen LogP contribution in [0.25, 0.3) is 0 Å². The zero-order valence-electron chi connectivity index (χ0n) is 13.4. The summed E-state index contributed by atoms with van der Waals surface area (Å²) in [4.78, 5) is 0. The Morgan fingerprint density at radius 1 is 1.05 bits per heavy atom. The van der Waals surface area contributed by atoms with Gasteiger partial charge in [-0.15, -0.1) is 0 Å². The van der Waals surface area contributed by atoms with E-state index in [2.05, 4.69) is 32.9 Å². The Morgan fingerprint density at radius 2 is 1.71 bits per heavy atom. The van der Waals surface area contributed by atoms with E-state index in [1.165, 1.54) is 5.56 Å². The van der Waals surface area contributed by atoms with E-state index in [4.69, 9.17) is 10.5 Å². The molecule has 0 heterocycles. The van der Waals surface area contributed by atoms with Gasteiger partial charge in [-0.1, -0.05) is 45.0 Å². The summed E-state index contributed by atoms with van der Waals surface area (Å²) in [6, 6.07) is 14.5. The van der Waals surface area contributed by atoms with Crippen LogP contribution in [0, 0.1) is 6.92 Å². The Kier molecular flexibility index (Phi) is 4.69. The van der Waals surface area contributed by atoms with Gasteiger partial charge >= 0.3 is 0 Å². The summed E-state index contributed by atoms with van der Waals surface area (Å²) in [7, 11) is 0. The van der Waals surface area contributed by atoms with Crippen LogP contribution < -0.4 is 10.5 Å². The molecule has 0 radical (unpaired) electrons. The van der Waals surface area contributed by atoms with Crippen molar-refractivity contribution in [2.75, 3.05) is 0 Å². The Balaban J connectivity index is 2.21. The molecule has 0 bridgehead atoms. The zero-order chi connectivity index (χ0) is 15.5. The fourth-order valence-corrected chi connectivity index (χ4v) is 2.19. The van der Waals surface area contributed by atoms with Crippen molar-refractivity contribution >= 4 is 0 Å². The molecule has 2 aromatic rings. The van der Waals surface area contributed by atoms with Crippen LogP contribution in [-0.2, 0) is 12.0 Å². The summed E-state index contributed by atoms with van der Waals surface area (Å²) in [6.07, 6.45) is 1.12. The molecular formula is C19H25NO. The second-order valence-corrected chi connectivity index (χ2v) is 6.17. The Hall–Kier alpha value is -1.80. The molecule has 0 aliphatic heterocycles. The molecule has 0 saturated carbocycles. The summed E-state index contributed by atoms with van der Waals surface area (Å²) in [5, 5.41) is 0. The monoisotopic (exact) mass is 283 g/mol. The molecule has 0 atom stereocenters. The van der Waals surface area contributed by atoms with Crippen LogP contribution >= 0.6 is 0 Å². The average Bonchev–Trinajstić information content (AvgIpc) is 2.50. The van der Waals surface area contributed by atoms with Gasteiger partial charge in [0.25, 0.3) is 0 Å². The summed E-state index contributed by atoms with van der Waals surface area (Å²) in [5.41, 5.74) is 9.43. The fourth-order valence-electron chi connectivity index (χ4n) is 2.19. The van der Waals surface area contributed by atoms with Gasteiger partial charge in [0.15, 0.2) is 0 Å². The number of nitrogens with two attached hydrogens (primary N) is 1. The highest BCUT2D eigenvalue weighted by atomic mass is 16.5. The Morgan fingerprint density at radius 3 is 2.29 bits per heavy atom. The van der Waals surface area contributed by atoms with Crippen LogP contribution in [-0.4, -0.2) is 0 Å². The molecule has 2 rings (SSSR count). The maximum absolute atomic E-state index is 6.00. The second-order valence-electron chi connectivity index (χ2n) is 6.17. The molecule has 0 spiro atoms. The van der Waals surface area contributed by atoms with Gasteiger partial charge in [-0.2, -0.15) is 0 Å². The van der Waals surface area contributed by atoms with E-state index < -0.39 is 0 Å². The predicted octanol–water partition coefficient (Wildman–Crippen LogP) is 4.93. The smallest absolute Gasteiger partial charge is 0.130 e. The Bertz CT molecular complexity index is 599. The highest BCUT2D eigenvalue weighted by Gasteiger charge is 2.17.